The molecule has 1 aliphatic carbocycles. The van der Waals surface area contributed by atoms with Crippen molar-refractivity contribution >= 4 is 5.91 Å². The molecule has 0 aliphatic heterocycles. The molecule has 0 aromatic rings. The number of hydrogen-bond donors (Lipinski definition) is 1. The summed E-state index contributed by atoms with van der Waals surface area (Å²) in [5, 5.41) is 8.99. The summed E-state index contributed by atoms with van der Waals surface area (Å²) < 4.78 is 0. The molecule has 1 aliphatic rings. The first-order valence-electron chi connectivity index (χ1n) is 6.42. The fourth-order valence-corrected chi connectivity index (χ4v) is 2.73. The Morgan fingerprint density at radius 3 is 2.56 bits per heavy atom. The topological polar surface area (TPSA) is 40.5 Å². The van der Waals surface area contributed by atoms with Crippen LogP contribution in [0.25, 0.3) is 0 Å². The molecule has 0 radical (unpaired) electrons. The lowest BCUT2D eigenvalue weighted by Crippen LogP contribution is -2.41. The number of amides is 1. The van der Waals surface area contributed by atoms with E-state index in [2.05, 4.69) is 20.8 Å². The summed E-state index contributed by atoms with van der Waals surface area (Å²) in [7, 11) is 0. The average molecular weight is 227 g/mol. The molecule has 16 heavy (non-hydrogen) atoms. The molecule has 0 saturated heterocycles. The van der Waals surface area contributed by atoms with Crippen LogP contribution in [0.3, 0.4) is 0 Å². The second kappa shape index (κ2) is 5.67. The third kappa shape index (κ3) is 2.97. The number of nitrogens with zero attached hydrogens (tertiary/aromatic N) is 1. The van der Waals surface area contributed by atoms with Crippen molar-refractivity contribution in [3.8, 4) is 0 Å². The molecule has 1 N–H and O–H groups in total. The highest BCUT2D eigenvalue weighted by molar-refractivity contribution is 5.80. The van der Waals surface area contributed by atoms with Gasteiger partial charge < -0.3 is 10.0 Å². The zero-order valence-electron chi connectivity index (χ0n) is 10.8. The van der Waals surface area contributed by atoms with Crippen LogP contribution in [-0.4, -0.2) is 35.6 Å². The van der Waals surface area contributed by atoms with Crippen LogP contribution in [0.5, 0.6) is 0 Å². The van der Waals surface area contributed by atoms with Gasteiger partial charge >= 0.3 is 0 Å². The molecule has 1 atom stereocenters. The van der Waals surface area contributed by atoms with Gasteiger partial charge in [-0.3, -0.25) is 4.79 Å². The minimum Gasteiger partial charge on any atom is -0.395 e. The van der Waals surface area contributed by atoms with Crippen LogP contribution in [0.2, 0.25) is 0 Å². The molecule has 3 nitrogen and oxygen atoms in total. The van der Waals surface area contributed by atoms with Crippen LogP contribution in [-0.2, 0) is 4.79 Å². The lowest BCUT2D eigenvalue weighted by atomic mass is 9.81. The SMILES string of the molecule is CCCN(CCO)C(=O)C1CCCC1(C)C. The smallest absolute Gasteiger partial charge is 0.226 e. The van der Waals surface area contributed by atoms with E-state index < -0.39 is 0 Å². The first kappa shape index (κ1) is 13.5. The van der Waals surface area contributed by atoms with Gasteiger partial charge in [-0.05, 0) is 24.7 Å². The Hall–Kier alpha value is -0.570. The number of carbonyl (C=O) groups excluding carboxylic acids is 1. The van der Waals surface area contributed by atoms with Crippen molar-refractivity contribution in [2.45, 2.75) is 46.5 Å². The van der Waals surface area contributed by atoms with Crippen molar-refractivity contribution < 1.29 is 9.90 Å². The largest absolute Gasteiger partial charge is 0.395 e. The summed E-state index contributed by atoms with van der Waals surface area (Å²) in [6.45, 7) is 7.76. The molecule has 0 bridgehead atoms. The normalized spacial score (nSPS) is 23.4. The van der Waals surface area contributed by atoms with Gasteiger partial charge in [0.15, 0.2) is 0 Å². The molecule has 3 heteroatoms. The van der Waals surface area contributed by atoms with E-state index in [1.165, 1.54) is 0 Å². The number of rotatable bonds is 5. The summed E-state index contributed by atoms with van der Waals surface area (Å²) in [5.74, 6) is 0.406. The van der Waals surface area contributed by atoms with Crippen LogP contribution < -0.4 is 0 Å². The van der Waals surface area contributed by atoms with Gasteiger partial charge in [0, 0.05) is 19.0 Å². The molecule has 0 aromatic carbocycles. The predicted molar refractivity (Wildman–Crippen MR) is 65.1 cm³/mol. The summed E-state index contributed by atoms with van der Waals surface area (Å²) in [6.07, 6.45) is 4.27. The minimum absolute atomic E-state index is 0.0683. The first-order chi connectivity index (χ1) is 7.53. The molecule has 0 spiro atoms. The highest BCUT2D eigenvalue weighted by Crippen LogP contribution is 2.43. The lowest BCUT2D eigenvalue weighted by molar-refractivity contribution is -0.138. The van der Waals surface area contributed by atoms with Crippen LogP contribution in [0.4, 0.5) is 0 Å². The zero-order valence-corrected chi connectivity index (χ0v) is 10.8. The Kier molecular flexibility index (Phi) is 4.78. The third-order valence-electron chi connectivity index (χ3n) is 3.73. The summed E-state index contributed by atoms with van der Waals surface area (Å²) >= 11 is 0. The van der Waals surface area contributed by atoms with Crippen LogP contribution in [0, 0.1) is 11.3 Å². The monoisotopic (exact) mass is 227 g/mol. The fourth-order valence-electron chi connectivity index (χ4n) is 2.73. The Morgan fingerprint density at radius 2 is 2.12 bits per heavy atom. The highest BCUT2D eigenvalue weighted by Gasteiger charge is 2.40. The third-order valence-corrected chi connectivity index (χ3v) is 3.73. The Bertz CT molecular complexity index is 232. The molecule has 0 aromatic heterocycles. The van der Waals surface area contributed by atoms with Crippen molar-refractivity contribution in [2.24, 2.45) is 11.3 Å². The molecule has 1 saturated carbocycles. The molecule has 1 rings (SSSR count). The molecule has 0 heterocycles. The van der Waals surface area contributed by atoms with E-state index >= 15 is 0 Å². The Labute approximate surface area is 98.8 Å². The maximum atomic E-state index is 12.4. The highest BCUT2D eigenvalue weighted by atomic mass is 16.3. The van der Waals surface area contributed by atoms with Gasteiger partial charge in [-0.15, -0.1) is 0 Å². The van der Waals surface area contributed by atoms with E-state index in [1.807, 2.05) is 4.90 Å². The second-order valence-corrected chi connectivity index (χ2v) is 5.48. The summed E-state index contributed by atoms with van der Waals surface area (Å²) in [5.41, 5.74) is 0.137. The summed E-state index contributed by atoms with van der Waals surface area (Å²) in [6, 6.07) is 0. The van der Waals surface area contributed by atoms with E-state index in [0.717, 1.165) is 32.2 Å². The van der Waals surface area contributed by atoms with E-state index in [4.69, 9.17) is 5.11 Å². The molecule has 1 fully saturated rings. The maximum Gasteiger partial charge on any atom is 0.226 e. The average Bonchev–Trinajstić information content (AvgIpc) is 2.57. The van der Waals surface area contributed by atoms with Crippen LogP contribution in [0.1, 0.15) is 46.5 Å². The van der Waals surface area contributed by atoms with Gasteiger partial charge in [0.1, 0.15) is 0 Å². The van der Waals surface area contributed by atoms with Gasteiger partial charge in [-0.2, -0.15) is 0 Å². The van der Waals surface area contributed by atoms with Gasteiger partial charge in [0.05, 0.1) is 6.61 Å². The molecule has 1 unspecified atom stereocenters. The molecule has 94 valence electrons. The van der Waals surface area contributed by atoms with E-state index in [1.54, 1.807) is 0 Å². The van der Waals surface area contributed by atoms with Gasteiger partial charge in [0.25, 0.3) is 0 Å². The number of aliphatic hydroxyl groups is 1. The van der Waals surface area contributed by atoms with Crippen molar-refractivity contribution in [1.29, 1.82) is 0 Å². The van der Waals surface area contributed by atoms with Crippen LogP contribution >= 0.6 is 0 Å². The van der Waals surface area contributed by atoms with Gasteiger partial charge in [-0.25, -0.2) is 0 Å². The maximum absolute atomic E-state index is 12.4. The van der Waals surface area contributed by atoms with Crippen molar-refractivity contribution in [2.75, 3.05) is 19.7 Å². The second-order valence-electron chi connectivity index (χ2n) is 5.48. The van der Waals surface area contributed by atoms with Gasteiger partial charge in [-0.1, -0.05) is 27.2 Å². The molecule has 1 amide bonds. The fraction of sp³-hybridized carbons (Fsp3) is 0.923. The molecular weight excluding hydrogens is 202 g/mol. The van der Waals surface area contributed by atoms with Crippen molar-refractivity contribution in [1.82, 2.24) is 4.90 Å². The Balaban J connectivity index is 2.66. The Morgan fingerprint density at radius 1 is 1.44 bits per heavy atom. The minimum atomic E-state index is 0.0683. The summed E-state index contributed by atoms with van der Waals surface area (Å²) in [4.78, 5) is 14.2. The van der Waals surface area contributed by atoms with E-state index in [9.17, 15) is 4.79 Å². The number of carbonyl (C=O) groups is 1. The van der Waals surface area contributed by atoms with Crippen LogP contribution in [0.15, 0.2) is 0 Å². The van der Waals surface area contributed by atoms with Crippen molar-refractivity contribution in [3.05, 3.63) is 0 Å². The van der Waals surface area contributed by atoms with Gasteiger partial charge in [0.2, 0.25) is 5.91 Å². The lowest BCUT2D eigenvalue weighted by Gasteiger charge is -2.31. The quantitative estimate of drug-likeness (QED) is 0.781. The standard InChI is InChI=1S/C13H25NO2/c1-4-8-14(9-10-15)12(16)11-6-5-7-13(11,2)3/h11,15H,4-10H2,1-3H3. The van der Waals surface area contributed by atoms with E-state index in [0.29, 0.717) is 6.54 Å². The van der Waals surface area contributed by atoms with Crippen molar-refractivity contribution in [3.63, 3.8) is 0 Å². The first-order valence-corrected chi connectivity index (χ1v) is 6.42. The number of aliphatic hydroxyl groups excluding tert-OH is 1. The van der Waals surface area contributed by atoms with E-state index in [-0.39, 0.29) is 23.8 Å². The number of hydrogen-bond acceptors (Lipinski definition) is 2. The predicted octanol–water partition coefficient (Wildman–Crippen LogP) is 2.04. The zero-order chi connectivity index (χ0) is 12.2. The molecular formula is C13H25NO2.